The molecule has 0 heterocycles. The van der Waals surface area contributed by atoms with Gasteiger partial charge < -0.3 is 9.84 Å². The smallest absolute Gasteiger partial charge is 0.318 e. The number of carbonyl (C=O) groups excluding carboxylic acids is 1. The molecule has 1 aliphatic rings. The van der Waals surface area contributed by atoms with Crippen LogP contribution in [-0.2, 0) is 15.3 Å². The fourth-order valence-corrected chi connectivity index (χ4v) is 6.28. The summed E-state index contributed by atoms with van der Waals surface area (Å²) in [5, 5.41) is 10.2. The van der Waals surface area contributed by atoms with Gasteiger partial charge in [0.2, 0.25) is 0 Å². The van der Waals surface area contributed by atoms with E-state index in [1.165, 1.54) is 0 Å². The van der Waals surface area contributed by atoms with Crippen molar-refractivity contribution in [2.24, 2.45) is 0 Å². The second-order valence-corrected chi connectivity index (χ2v) is 10.00. The van der Waals surface area contributed by atoms with Gasteiger partial charge in [-0.15, -0.1) is 11.8 Å². The number of benzene rings is 2. The highest BCUT2D eigenvalue weighted by Crippen LogP contribution is 2.46. The molecule has 1 fully saturated rings. The molecule has 2 aromatic carbocycles. The molecule has 2 aromatic rings. The van der Waals surface area contributed by atoms with Crippen LogP contribution in [0.1, 0.15) is 65.8 Å². The minimum atomic E-state index is -1.12. The highest BCUT2D eigenvalue weighted by Gasteiger charge is 2.46. The SMILES string of the molecule is COc1ccc(CSC2(C(=O)C(C(=O)O)c3c(C)cc(C)cc3C)CCCCC2)cc1. The van der Waals surface area contributed by atoms with E-state index < -0.39 is 16.6 Å². The molecule has 3 rings (SSSR count). The molecule has 1 atom stereocenters. The summed E-state index contributed by atoms with van der Waals surface area (Å²) in [5.41, 5.74) is 4.61. The summed E-state index contributed by atoms with van der Waals surface area (Å²) in [5.74, 6) is -0.840. The predicted molar refractivity (Wildman–Crippen MR) is 126 cm³/mol. The topological polar surface area (TPSA) is 63.6 Å². The van der Waals surface area contributed by atoms with Crippen molar-refractivity contribution in [2.75, 3.05) is 7.11 Å². The maximum atomic E-state index is 14.0. The number of thioether (sulfide) groups is 1. The van der Waals surface area contributed by atoms with Crippen LogP contribution in [0.5, 0.6) is 5.75 Å². The van der Waals surface area contributed by atoms with Gasteiger partial charge in [-0.2, -0.15) is 0 Å². The standard InChI is InChI=1S/C26H32O4S/c1-17-14-18(2)22(19(3)15-17)23(25(28)29)24(27)26(12-6-5-7-13-26)31-16-20-8-10-21(30-4)11-9-20/h8-11,14-15,23H,5-7,12-13,16H2,1-4H3,(H,28,29). The minimum absolute atomic E-state index is 0.145. The number of rotatable bonds is 8. The summed E-state index contributed by atoms with van der Waals surface area (Å²) in [7, 11) is 1.64. The third-order valence-electron chi connectivity index (χ3n) is 6.32. The zero-order valence-electron chi connectivity index (χ0n) is 18.9. The Labute approximate surface area is 189 Å². The second kappa shape index (κ2) is 9.90. The number of carbonyl (C=O) groups is 2. The number of hydrogen-bond donors (Lipinski definition) is 1. The molecule has 0 bridgehead atoms. The number of ether oxygens (including phenoxy) is 1. The lowest BCUT2D eigenvalue weighted by Crippen LogP contribution is -2.43. The van der Waals surface area contributed by atoms with Gasteiger partial charge in [0.1, 0.15) is 11.7 Å². The Bertz CT molecular complexity index is 919. The molecule has 31 heavy (non-hydrogen) atoms. The number of hydrogen-bond acceptors (Lipinski definition) is 4. The van der Waals surface area contributed by atoms with Crippen LogP contribution in [0.25, 0.3) is 0 Å². The van der Waals surface area contributed by atoms with Gasteiger partial charge >= 0.3 is 5.97 Å². The number of Topliss-reactive ketones (excluding diaryl/α,β-unsaturated/α-hetero) is 1. The van der Waals surface area contributed by atoms with Gasteiger partial charge in [0, 0.05) is 5.75 Å². The summed E-state index contributed by atoms with van der Waals surface area (Å²) in [6.07, 6.45) is 4.48. The molecule has 0 aromatic heterocycles. The average Bonchev–Trinajstić information content (AvgIpc) is 2.75. The van der Waals surface area contributed by atoms with Crippen molar-refractivity contribution in [3.8, 4) is 5.75 Å². The van der Waals surface area contributed by atoms with Gasteiger partial charge in [0.25, 0.3) is 0 Å². The van der Waals surface area contributed by atoms with Crippen LogP contribution in [-0.4, -0.2) is 28.7 Å². The van der Waals surface area contributed by atoms with Crippen molar-refractivity contribution in [3.63, 3.8) is 0 Å². The Kier molecular flexibility index (Phi) is 7.47. The van der Waals surface area contributed by atoms with E-state index in [2.05, 4.69) is 0 Å². The molecule has 0 aliphatic heterocycles. The molecule has 0 radical (unpaired) electrons. The van der Waals surface area contributed by atoms with Crippen LogP contribution in [0, 0.1) is 20.8 Å². The summed E-state index contributed by atoms with van der Waals surface area (Å²) in [4.78, 5) is 26.4. The van der Waals surface area contributed by atoms with E-state index in [1.54, 1.807) is 18.9 Å². The number of methoxy groups -OCH3 is 1. The van der Waals surface area contributed by atoms with Crippen LogP contribution in [0.15, 0.2) is 36.4 Å². The van der Waals surface area contributed by atoms with Gasteiger partial charge in [-0.1, -0.05) is 49.1 Å². The quantitative estimate of drug-likeness (QED) is 0.511. The normalized spacial score (nSPS) is 16.5. The lowest BCUT2D eigenvalue weighted by Gasteiger charge is -2.37. The molecular formula is C26H32O4S. The van der Waals surface area contributed by atoms with Crippen molar-refractivity contribution >= 4 is 23.5 Å². The van der Waals surface area contributed by atoms with Gasteiger partial charge in [-0.05, 0) is 68.0 Å². The lowest BCUT2D eigenvalue weighted by atomic mass is 9.76. The number of ketones is 1. The van der Waals surface area contributed by atoms with Crippen molar-refractivity contribution in [1.82, 2.24) is 0 Å². The fraction of sp³-hybridized carbons (Fsp3) is 0.462. The first-order valence-corrected chi connectivity index (χ1v) is 11.9. The van der Waals surface area contributed by atoms with Crippen LogP contribution < -0.4 is 4.74 Å². The van der Waals surface area contributed by atoms with E-state index in [0.29, 0.717) is 11.3 Å². The predicted octanol–water partition coefficient (Wildman–Crippen LogP) is 5.99. The first-order chi connectivity index (χ1) is 14.8. The van der Waals surface area contributed by atoms with Gasteiger partial charge in [-0.3, -0.25) is 9.59 Å². The fourth-order valence-electron chi connectivity index (χ4n) is 4.80. The molecule has 1 saturated carbocycles. The first kappa shape index (κ1) is 23.4. The number of carboxylic acid groups (broad SMARTS) is 1. The summed E-state index contributed by atoms with van der Waals surface area (Å²) < 4.78 is 4.57. The summed E-state index contributed by atoms with van der Waals surface area (Å²) in [6, 6.07) is 11.8. The maximum absolute atomic E-state index is 14.0. The monoisotopic (exact) mass is 440 g/mol. The zero-order chi connectivity index (χ0) is 22.6. The van der Waals surface area contributed by atoms with Crippen molar-refractivity contribution < 1.29 is 19.4 Å². The third-order valence-corrected chi connectivity index (χ3v) is 7.96. The van der Waals surface area contributed by atoms with Crippen LogP contribution >= 0.6 is 11.8 Å². The van der Waals surface area contributed by atoms with Gasteiger partial charge in [0.05, 0.1) is 11.9 Å². The highest BCUT2D eigenvalue weighted by molar-refractivity contribution is 8.00. The van der Waals surface area contributed by atoms with Crippen molar-refractivity contribution in [1.29, 1.82) is 0 Å². The molecule has 1 aliphatic carbocycles. The number of aliphatic carboxylic acids is 1. The number of aryl methyl sites for hydroxylation is 3. The average molecular weight is 441 g/mol. The largest absolute Gasteiger partial charge is 0.497 e. The van der Waals surface area contributed by atoms with E-state index in [9.17, 15) is 14.7 Å². The first-order valence-electron chi connectivity index (χ1n) is 10.9. The summed E-state index contributed by atoms with van der Waals surface area (Å²) in [6.45, 7) is 5.82. The third kappa shape index (κ3) is 5.15. The van der Waals surface area contributed by atoms with Crippen molar-refractivity contribution in [3.05, 3.63) is 64.2 Å². The summed E-state index contributed by atoms with van der Waals surface area (Å²) >= 11 is 1.62. The maximum Gasteiger partial charge on any atom is 0.318 e. The van der Waals surface area contributed by atoms with Crippen LogP contribution in [0.2, 0.25) is 0 Å². The van der Waals surface area contributed by atoms with E-state index >= 15 is 0 Å². The Morgan fingerprint density at radius 3 is 2.13 bits per heavy atom. The van der Waals surface area contributed by atoms with E-state index in [-0.39, 0.29) is 5.78 Å². The molecule has 1 N–H and O–H groups in total. The second-order valence-electron chi connectivity index (χ2n) is 8.64. The van der Waals surface area contributed by atoms with Crippen LogP contribution in [0.3, 0.4) is 0 Å². The minimum Gasteiger partial charge on any atom is -0.497 e. The van der Waals surface area contributed by atoms with E-state index in [1.807, 2.05) is 57.2 Å². The molecule has 0 saturated heterocycles. The van der Waals surface area contributed by atoms with Crippen LogP contribution in [0.4, 0.5) is 0 Å². The highest BCUT2D eigenvalue weighted by atomic mass is 32.2. The van der Waals surface area contributed by atoms with Gasteiger partial charge in [0.15, 0.2) is 5.78 Å². The molecule has 1 unspecified atom stereocenters. The number of carboxylic acids is 1. The molecule has 166 valence electrons. The Morgan fingerprint density at radius 2 is 1.61 bits per heavy atom. The van der Waals surface area contributed by atoms with Gasteiger partial charge in [-0.25, -0.2) is 0 Å². The molecule has 0 amide bonds. The molecular weight excluding hydrogens is 408 g/mol. The van der Waals surface area contributed by atoms with Crippen molar-refractivity contribution in [2.45, 2.75) is 69.3 Å². The Morgan fingerprint density at radius 1 is 1.03 bits per heavy atom. The molecule has 5 heteroatoms. The molecule has 0 spiro atoms. The molecule has 4 nitrogen and oxygen atoms in total. The zero-order valence-corrected chi connectivity index (χ0v) is 19.7. The van der Waals surface area contributed by atoms with E-state index in [0.717, 1.165) is 60.1 Å². The Hall–Kier alpha value is -2.27. The Balaban J connectivity index is 1.94. The lowest BCUT2D eigenvalue weighted by molar-refractivity contribution is -0.143. The van der Waals surface area contributed by atoms with E-state index in [4.69, 9.17) is 4.74 Å².